The van der Waals surface area contributed by atoms with E-state index in [1.54, 1.807) is 13.2 Å². The second kappa shape index (κ2) is 8.05. The van der Waals surface area contributed by atoms with Crippen LogP contribution in [0.3, 0.4) is 0 Å². The number of fused-ring (bicyclic) bond motifs is 1. The summed E-state index contributed by atoms with van der Waals surface area (Å²) in [5.74, 6) is -0.818. The topological polar surface area (TPSA) is 87.9 Å². The van der Waals surface area contributed by atoms with E-state index in [0.717, 1.165) is 0 Å². The number of amides is 1. The SMILES string of the molecule is COCCNC(=O)CN1CCN(c2ccc3nnc(C(F)(F)F)n3n2)CC1. The molecule has 3 rings (SSSR count). The molecule has 3 heterocycles. The summed E-state index contributed by atoms with van der Waals surface area (Å²) in [4.78, 5) is 15.7. The minimum atomic E-state index is -4.63. The Morgan fingerprint density at radius 3 is 2.63 bits per heavy atom. The zero-order chi connectivity index (χ0) is 19.4. The number of rotatable bonds is 6. The molecule has 9 nitrogen and oxygen atoms in total. The smallest absolute Gasteiger partial charge is 0.383 e. The van der Waals surface area contributed by atoms with Gasteiger partial charge in [0.25, 0.3) is 5.82 Å². The van der Waals surface area contributed by atoms with E-state index >= 15 is 0 Å². The number of methoxy groups -OCH3 is 1. The highest BCUT2D eigenvalue weighted by atomic mass is 19.4. The molecule has 0 unspecified atom stereocenters. The van der Waals surface area contributed by atoms with Gasteiger partial charge >= 0.3 is 6.18 Å². The minimum Gasteiger partial charge on any atom is -0.383 e. The third-order valence-electron chi connectivity index (χ3n) is 4.19. The van der Waals surface area contributed by atoms with Gasteiger partial charge in [0.2, 0.25) is 5.91 Å². The van der Waals surface area contributed by atoms with E-state index in [0.29, 0.717) is 49.7 Å². The van der Waals surface area contributed by atoms with Gasteiger partial charge in [-0.3, -0.25) is 9.69 Å². The first-order chi connectivity index (χ1) is 12.9. The lowest BCUT2D eigenvalue weighted by molar-refractivity contribution is -0.146. The first-order valence-electron chi connectivity index (χ1n) is 8.41. The van der Waals surface area contributed by atoms with Crippen LogP contribution in [0.2, 0.25) is 0 Å². The van der Waals surface area contributed by atoms with Crippen LogP contribution in [-0.4, -0.2) is 83.6 Å². The van der Waals surface area contributed by atoms with Gasteiger partial charge in [-0.1, -0.05) is 0 Å². The van der Waals surface area contributed by atoms with Gasteiger partial charge in [0, 0.05) is 39.8 Å². The molecule has 1 amide bonds. The van der Waals surface area contributed by atoms with Crippen LogP contribution in [0.1, 0.15) is 5.82 Å². The van der Waals surface area contributed by atoms with Crippen LogP contribution in [0.25, 0.3) is 5.65 Å². The summed E-state index contributed by atoms with van der Waals surface area (Å²) in [5, 5.41) is 13.5. The Morgan fingerprint density at radius 1 is 1.22 bits per heavy atom. The fourth-order valence-electron chi connectivity index (χ4n) is 2.81. The van der Waals surface area contributed by atoms with Crippen molar-refractivity contribution < 1.29 is 22.7 Å². The Hall–Kier alpha value is -2.47. The Kier molecular flexibility index (Phi) is 5.75. The predicted molar refractivity (Wildman–Crippen MR) is 89.3 cm³/mol. The summed E-state index contributed by atoms with van der Waals surface area (Å²) in [7, 11) is 1.56. The van der Waals surface area contributed by atoms with Crippen molar-refractivity contribution in [3.05, 3.63) is 18.0 Å². The van der Waals surface area contributed by atoms with Crippen molar-refractivity contribution in [2.75, 3.05) is 57.9 Å². The Balaban J connectivity index is 1.60. The van der Waals surface area contributed by atoms with Gasteiger partial charge in [-0.15, -0.1) is 15.3 Å². The summed E-state index contributed by atoms with van der Waals surface area (Å²) in [6.45, 7) is 3.49. The number of nitrogens with zero attached hydrogens (tertiary/aromatic N) is 6. The van der Waals surface area contributed by atoms with Gasteiger partial charge in [0.05, 0.1) is 13.2 Å². The zero-order valence-electron chi connectivity index (χ0n) is 14.7. The summed E-state index contributed by atoms with van der Waals surface area (Å²) in [5.41, 5.74) is 0.0393. The Bertz CT molecular complexity index is 787. The number of carbonyl (C=O) groups is 1. The molecule has 1 N–H and O–H groups in total. The largest absolute Gasteiger partial charge is 0.453 e. The third kappa shape index (κ3) is 4.63. The molecule has 1 aliphatic heterocycles. The number of piperazine rings is 1. The third-order valence-corrected chi connectivity index (χ3v) is 4.19. The van der Waals surface area contributed by atoms with Crippen molar-refractivity contribution in [2.45, 2.75) is 6.18 Å². The second-order valence-corrected chi connectivity index (χ2v) is 6.09. The molecular formula is C15H20F3N7O2. The number of hydrogen-bond donors (Lipinski definition) is 1. The molecule has 0 atom stereocenters. The van der Waals surface area contributed by atoms with Crippen LogP contribution < -0.4 is 10.2 Å². The van der Waals surface area contributed by atoms with Crippen molar-refractivity contribution in [1.82, 2.24) is 30.0 Å². The maximum absolute atomic E-state index is 13.0. The van der Waals surface area contributed by atoms with E-state index < -0.39 is 12.0 Å². The number of halogens is 3. The van der Waals surface area contributed by atoms with Crippen molar-refractivity contribution in [1.29, 1.82) is 0 Å². The highest BCUT2D eigenvalue weighted by Crippen LogP contribution is 2.28. The maximum Gasteiger partial charge on any atom is 0.453 e. The molecule has 0 bridgehead atoms. The first-order valence-corrected chi connectivity index (χ1v) is 8.41. The van der Waals surface area contributed by atoms with E-state index in [2.05, 4.69) is 20.6 Å². The van der Waals surface area contributed by atoms with E-state index in [1.807, 2.05) is 9.80 Å². The van der Waals surface area contributed by atoms with Gasteiger partial charge in [-0.05, 0) is 12.1 Å². The molecular weight excluding hydrogens is 367 g/mol. The molecule has 1 saturated heterocycles. The Morgan fingerprint density at radius 2 is 1.96 bits per heavy atom. The summed E-state index contributed by atoms with van der Waals surface area (Å²) in [6.07, 6.45) is -4.63. The van der Waals surface area contributed by atoms with Crippen molar-refractivity contribution >= 4 is 17.4 Å². The molecule has 0 saturated carbocycles. The highest BCUT2D eigenvalue weighted by Gasteiger charge is 2.37. The number of aromatic nitrogens is 4. The zero-order valence-corrected chi connectivity index (χ0v) is 14.7. The van der Waals surface area contributed by atoms with Crippen LogP contribution in [-0.2, 0) is 15.7 Å². The number of alkyl halides is 3. The number of nitrogens with one attached hydrogen (secondary N) is 1. The molecule has 27 heavy (non-hydrogen) atoms. The lowest BCUT2D eigenvalue weighted by atomic mass is 10.3. The van der Waals surface area contributed by atoms with Crippen LogP contribution >= 0.6 is 0 Å². The normalized spacial score (nSPS) is 16.1. The molecule has 0 aliphatic carbocycles. The molecule has 2 aromatic rings. The number of hydrogen-bond acceptors (Lipinski definition) is 7. The Labute approximate surface area is 153 Å². The quantitative estimate of drug-likeness (QED) is 0.700. The highest BCUT2D eigenvalue weighted by molar-refractivity contribution is 5.78. The van der Waals surface area contributed by atoms with E-state index in [-0.39, 0.29) is 18.1 Å². The van der Waals surface area contributed by atoms with Crippen molar-refractivity contribution in [2.24, 2.45) is 0 Å². The first kappa shape index (κ1) is 19.3. The summed E-state index contributed by atoms with van der Waals surface area (Å²) in [6, 6.07) is 3.08. The lowest BCUT2D eigenvalue weighted by Gasteiger charge is -2.34. The standard InChI is InChI=1S/C15H20F3N7O2/c1-27-9-4-19-13(26)10-23-5-7-24(8-6-23)12-3-2-11-20-21-14(15(16,17)18)25(11)22-12/h2-3H,4-10H2,1H3,(H,19,26). The second-order valence-electron chi connectivity index (χ2n) is 6.09. The van der Waals surface area contributed by atoms with E-state index in [1.165, 1.54) is 6.07 Å². The minimum absolute atomic E-state index is 0.0393. The van der Waals surface area contributed by atoms with E-state index in [4.69, 9.17) is 4.74 Å². The molecule has 1 fully saturated rings. The van der Waals surface area contributed by atoms with Crippen LogP contribution in [0.5, 0.6) is 0 Å². The predicted octanol–water partition coefficient (Wildman–Crippen LogP) is 0.0277. The van der Waals surface area contributed by atoms with Crippen LogP contribution in [0.4, 0.5) is 19.0 Å². The summed E-state index contributed by atoms with van der Waals surface area (Å²) >= 11 is 0. The van der Waals surface area contributed by atoms with Gasteiger partial charge in [-0.2, -0.15) is 17.7 Å². The molecule has 0 spiro atoms. The molecule has 0 aromatic carbocycles. The maximum atomic E-state index is 13.0. The molecule has 0 radical (unpaired) electrons. The van der Waals surface area contributed by atoms with Gasteiger partial charge in [0.1, 0.15) is 5.82 Å². The lowest BCUT2D eigenvalue weighted by Crippen LogP contribution is -2.50. The van der Waals surface area contributed by atoms with Crippen molar-refractivity contribution in [3.63, 3.8) is 0 Å². The van der Waals surface area contributed by atoms with Crippen LogP contribution in [0, 0.1) is 0 Å². The fraction of sp³-hybridized carbons (Fsp3) is 0.600. The monoisotopic (exact) mass is 387 g/mol. The molecule has 2 aromatic heterocycles. The number of carbonyl (C=O) groups excluding carboxylic acids is 1. The average molecular weight is 387 g/mol. The average Bonchev–Trinajstić information content (AvgIpc) is 3.06. The van der Waals surface area contributed by atoms with Gasteiger partial charge in [-0.25, -0.2) is 0 Å². The van der Waals surface area contributed by atoms with E-state index in [9.17, 15) is 18.0 Å². The number of anilines is 1. The fourth-order valence-corrected chi connectivity index (χ4v) is 2.81. The van der Waals surface area contributed by atoms with Crippen LogP contribution in [0.15, 0.2) is 12.1 Å². The number of ether oxygens (including phenoxy) is 1. The molecule has 1 aliphatic rings. The summed E-state index contributed by atoms with van der Waals surface area (Å²) < 4.78 is 44.5. The molecule has 148 valence electrons. The molecule has 12 heteroatoms. The van der Waals surface area contributed by atoms with Crippen molar-refractivity contribution in [3.8, 4) is 0 Å². The van der Waals surface area contributed by atoms with Gasteiger partial charge < -0.3 is 15.0 Å². The van der Waals surface area contributed by atoms with Gasteiger partial charge in [0.15, 0.2) is 5.65 Å².